The Labute approximate surface area is 104 Å². The van der Waals surface area contributed by atoms with E-state index in [1.807, 2.05) is 6.07 Å². The van der Waals surface area contributed by atoms with Gasteiger partial charge in [0.05, 0.1) is 5.38 Å². The molecule has 0 fully saturated rings. The van der Waals surface area contributed by atoms with Gasteiger partial charge in [-0.25, -0.2) is 0 Å². The Morgan fingerprint density at radius 2 is 1.87 bits per heavy atom. The van der Waals surface area contributed by atoms with E-state index in [0.29, 0.717) is 5.69 Å². The normalized spacial score (nSPS) is 13.3. The molecule has 1 rings (SSSR count). The SMILES string of the molecule is CC(Cl)C(Cl)(Cl)C(=O)Nc1ccccc1. The highest BCUT2D eigenvalue weighted by Crippen LogP contribution is 2.30. The highest BCUT2D eigenvalue weighted by atomic mass is 35.5. The zero-order valence-electron chi connectivity index (χ0n) is 8.01. The second kappa shape index (κ2) is 5.06. The van der Waals surface area contributed by atoms with Crippen LogP contribution >= 0.6 is 34.8 Å². The molecule has 0 aromatic heterocycles. The highest BCUT2D eigenvalue weighted by molar-refractivity contribution is 6.62. The van der Waals surface area contributed by atoms with Crippen LogP contribution in [0.1, 0.15) is 6.92 Å². The summed E-state index contributed by atoms with van der Waals surface area (Å²) in [5.74, 6) is -0.528. The summed E-state index contributed by atoms with van der Waals surface area (Å²) in [6.45, 7) is 1.56. The molecule has 1 aromatic rings. The molecule has 1 N–H and O–H groups in total. The van der Waals surface area contributed by atoms with E-state index in [1.54, 1.807) is 31.2 Å². The Kier molecular flexibility index (Phi) is 4.26. The standard InChI is InChI=1S/C10H10Cl3NO/c1-7(11)10(12,13)9(15)14-8-5-3-2-4-6-8/h2-7H,1H3,(H,14,15). The lowest BCUT2D eigenvalue weighted by Crippen LogP contribution is -2.39. The predicted octanol–water partition coefficient (Wildman–Crippen LogP) is 3.43. The molecule has 0 aliphatic carbocycles. The fraction of sp³-hybridized carbons (Fsp3) is 0.300. The molecule has 1 unspecified atom stereocenters. The number of rotatable bonds is 3. The molecule has 82 valence electrons. The van der Waals surface area contributed by atoms with Gasteiger partial charge in [0.1, 0.15) is 0 Å². The smallest absolute Gasteiger partial charge is 0.262 e. The van der Waals surface area contributed by atoms with Crippen molar-refractivity contribution in [1.29, 1.82) is 0 Å². The van der Waals surface area contributed by atoms with E-state index in [0.717, 1.165) is 0 Å². The zero-order chi connectivity index (χ0) is 11.5. The van der Waals surface area contributed by atoms with Crippen LogP contribution < -0.4 is 5.32 Å². The molecule has 2 nitrogen and oxygen atoms in total. The summed E-state index contributed by atoms with van der Waals surface area (Å²) in [5.41, 5.74) is 0.630. The van der Waals surface area contributed by atoms with E-state index >= 15 is 0 Å². The summed E-state index contributed by atoms with van der Waals surface area (Å²) >= 11 is 17.3. The van der Waals surface area contributed by atoms with Gasteiger partial charge >= 0.3 is 0 Å². The van der Waals surface area contributed by atoms with Crippen LogP contribution in [-0.4, -0.2) is 15.6 Å². The van der Waals surface area contributed by atoms with Crippen LogP contribution in [0.5, 0.6) is 0 Å². The van der Waals surface area contributed by atoms with Gasteiger partial charge < -0.3 is 5.32 Å². The number of nitrogens with one attached hydrogen (secondary N) is 1. The number of halogens is 3. The van der Waals surface area contributed by atoms with Crippen molar-refractivity contribution in [3.63, 3.8) is 0 Å². The van der Waals surface area contributed by atoms with E-state index in [-0.39, 0.29) is 0 Å². The lowest BCUT2D eigenvalue weighted by molar-refractivity contribution is -0.116. The summed E-state index contributed by atoms with van der Waals surface area (Å²) in [6, 6.07) is 8.91. The summed E-state index contributed by atoms with van der Waals surface area (Å²) in [5, 5.41) is 1.90. The molecule has 0 aliphatic heterocycles. The molecule has 1 amide bonds. The molecule has 1 atom stereocenters. The minimum Gasteiger partial charge on any atom is -0.323 e. The lowest BCUT2D eigenvalue weighted by Gasteiger charge is -2.20. The Bertz CT molecular complexity index is 338. The molecular formula is C10H10Cl3NO. The molecule has 0 spiro atoms. The quantitative estimate of drug-likeness (QED) is 0.835. The molecule has 0 saturated carbocycles. The highest BCUT2D eigenvalue weighted by Gasteiger charge is 2.38. The third-order valence-corrected chi connectivity index (χ3v) is 3.38. The minimum absolute atomic E-state index is 0.528. The first-order chi connectivity index (χ1) is 6.94. The van der Waals surface area contributed by atoms with Crippen LogP contribution in [0.15, 0.2) is 30.3 Å². The van der Waals surface area contributed by atoms with Gasteiger partial charge in [0.15, 0.2) is 0 Å². The summed E-state index contributed by atoms with van der Waals surface area (Å²) in [6.07, 6.45) is 0. The molecular weight excluding hydrogens is 256 g/mol. The Hall–Kier alpha value is -0.440. The molecule has 15 heavy (non-hydrogen) atoms. The maximum atomic E-state index is 11.6. The second-order valence-corrected chi connectivity index (χ2v) is 5.10. The van der Waals surface area contributed by atoms with Crippen LogP contribution in [0.4, 0.5) is 5.69 Å². The summed E-state index contributed by atoms with van der Waals surface area (Å²) in [4.78, 5) is 11.6. The van der Waals surface area contributed by atoms with E-state index in [4.69, 9.17) is 34.8 Å². The number of hydrogen-bond donors (Lipinski definition) is 1. The molecule has 0 aliphatic rings. The van der Waals surface area contributed by atoms with Crippen LogP contribution in [0.25, 0.3) is 0 Å². The monoisotopic (exact) mass is 265 g/mol. The molecule has 0 bridgehead atoms. The number of carbonyl (C=O) groups excluding carboxylic acids is 1. The molecule has 0 heterocycles. The predicted molar refractivity (Wildman–Crippen MR) is 64.8 cm³/mol. The van der Waals surface area contributed by atoms with E-state index < -0.39 is 15.6 Å². The van der Waals surface area contributed by atoms with Gasteiger partial charge in [-0.3, -0.25) is 4.79 Å². The summed E-state index contributed by atoms with van der Waals surface area (Å²) < 4.78 is -1.63. The zero-order valence-corrected chi connectivity index (χ0v) is 10.3. The Balaban J connectivity index is 2.72. The van der Waals surface area contributed by atoms with Crippen molar-refractivity contribution >= 4 is 46.4 Å². The van der Waals surface area contributed by atoms with Gasteiger partial charge in [-0.2, -0.15) is 0 Å². The largest absolute Gasteiger partial charge is 0.323 e. The number of anilines is 1. The fourth-order valence-electron chi connectivity index (χ4n) is 0.917. The van der Waals surface area contributed by atoms with Crippen molar-refractivity contribution in [2.45, 2.75) is 16.6 Å². The topological polar surface area (TPSA) is 29.1 Å². The van der Waals surface area contributed by atoms with Crippen molar-refractivity contribution in [3.8, 4) is 0 Å². The van der Waals surface area contributed by atoms with Gasteiger partial charge in [-0.1, -0.05) is 41.4 Å². The number of para-hydroxylation sites is 1. The van der Waals surface area contributed by atoms with E-state index in [9.17, 15) is 4.79 Å². The van der Waals surface area contributed by atoms with Crippen molar-refractivity contribution < 1.29 is 4.79 Å². The minimum atomic E-state index is -1.63. The maximum Gasteiger partial charge on any atom is 0.262 e. The Morgan fingerprint density at radius 1 is 1.33 bits per heavy atom. The van der Waals surface area contributed by atoms with Gasteiger partial charge in [0.25, 0.3) is 5.91 Å². The van der Waals surface area contributed by atoms with Gasteiger partial charge in [-0.05, 0) is 19.1 Å². The number of hydrogen-bond acceptors (Lipinski definition) is 1. The first-order valence-corrected chi connectivity index (χ1v) is 5.52. The number of amides is 1. The molecule has 0 radical (unpaired) electrons. The number of benzene rings is 1. The first-order valence-electron chi connectivity index (χ1n) is 4.33. The number of carbonyl (C=O) groups is 1. The first kappa shape index (κ1) is 12.6. The van der Waals surface area contributed by atoms with Crippen molar-refractivity contribution in [3.05, 3.63) is 30.3 Å². The van der Waals surface area contributed by atoms with Crippen LogP contribution in [0, 0.1) is 0 Å². The fourth-order valence-corrected chi connectivity index (χ4v) is 1.11. The molecule has 0 saturated heterocycles. The van der Waals surface area contributed by atoms with Gasteiger partial charge in [-0.15, -0.1) is 11.6 Å². The second-order valence-electron chi connectivity index (χ2n) is 3.06. The lowest BCUT2D eigenvalue weighted by atomic mass is 10.2. The van der Waals surface area contributed by atoms with Crippen molar-refractivity contribution in [1.82, 2.24) is 0 Å². The third kappa shape index (κ3) is 3.26. The van der Waals surface area contributed by atoms with Crippen molar-refractivity contribution in [2.24, 2.45) is 0 Å². The summed E-state index contributed by atoms with van der Waals surface area (Å²) in [7, 11) is 0. The molecule has 1 aromatic carbocycles. The van der Waals surface area contributed by atoms with Gasteiger partial charge in [0, 0.05) is 5.69 Å². The average molecular weight is 267 g/mol. The van der Waals surface area contributed by atoms with Crippen LogP contribution in [0.3, 0.4) is 0 Å². The third-order valence-electron chi connectivity index (χ3n) is 1.83. The maximum absolute atomic E-state index is 11.6. The Morgan fingerprint density at radius 3 is 2.33 bits per heavy atom. The van der Waals surface area contributed by atoms with Gasteiger partial charge in [0.2, 0.25) is 4.33 Å². The van der Waals surface area contributed by atoms with Crippen LogP contribution in [0.2, 0.25) is 0 Å². The van der Waals surface area contributed by atoms with Crippen LogP contribution in [-0.2, 0) is 4.79 Å². The van der Waals surface area contributed by atoms with Crippen molar-refractivity contribution in [2.75, 3.05) is 5.32 Å². The van der Waals surface area contributed by atoms with E-state index in [1.165, 1.54) is 0 Å². The van der Waals surface area contributed by atoms with E-state index in [2.05, 4.69) is 5.32 Å². The molecule has 5 heteroatoms. The number of alkyl halides is 3. The average Bonchev–Trinajstić information content (AvgIpc) is 2.18.